The average molecular weight is 408 g/mol. The predicted molar refractivity (Wildman–Crippen MR) is 96.2 cm³/mol. The molecule has 2 fully saturated rings. The first kappa shape index (κ1) is 18.2. The zero-order valence-corrected chi connectivity index (χ0v) is 15.6. The van der Waals surface area contributed by atoms with Crippen LogP contribution < -0.4 is 0 Å². The van der Waals surface area contributed by atoms with E-state index in [0.717, 1.165) is 11.3 Å². The first-order valence-corrected chi connectivity index (χ1v) is 9.30. The number of fused-ring (bicyclic) bond motifs is 5. The Balaban J connectivity index is 1.35. The quantitative estimate of drug-likeness (QED) is 0.324. The zero-order valence-electron chi connectivity index (χ0n) is 14.1. The van der Waals surface area contributed by atoms with Crippen LogP contribution in [-0.4, -0.2) is 41.6 Å². The summed E-state index contributed by atoms with van der Waals surface area (Å²) in [6.45, 7) is -0.981. The Kier molecular flexibility index (Phi) is 4.56. The Labute approximate surface area is 165 Å². The minimum Gasteiger partial charge on any atom is -0.456 e. The molecule has 0 N–H and O–H groups in total. The fourth-order valence-electron chi connectivity index (χ4n) is 4.19. The Morgan fingerprint density at radius 1 is 1.04 bits per heavy atom. The molecule has 0 spiro atoms. The number of esters is 1. The number of carbonyl (C=O) groups excluding carboxylic acids is 4. The summed E-state index contributed by atoms with van der Waals surface area (Å²) in [6.07, 6.45) is 4.78. The van der Waals surface area contributed by atoms with E-state index >= 15 is 0 Å². The maximum atomic E-state index is 12.5. The van der Waals surface area contributed by atoms with Gasteiger partial charge in [0.15, 0.2) is 12.4 Å². The van der Waals surface area contributed by atoms with Gasteiger partial charge in [-0.05, 0) is 36.5 Å². The number of ketones is 1. The van der Waals surface area contributed by atoms with Gasteiger partial charge in [0.2, 0.25) is 11.8 Å². The van der Waals surface area contributed by atoms with E-state index in [4.69, 9.17) is 27.9 Å². The third-order valence-corrected chi connectivity index (χ3v) is 6.19. The first-order chi connectivity index (χ1) is 12.9. The van der Waals surface area contributed by atoms with Gasteiger partial charge in [-0.15, -0.1) is 0 Å². The number of likely N-dealkylation sites (tertiary alicyclic amines) is 1. The van der Waals surface area contributed by atoms with Crippen LogP contribution in [-0.2, 0) is 19.1 Å². The second-order valence-corrected chi connectivity index (χ2v) is 7.79. The number of Topliss-reactive ketones (excluding diaryl/α,β-unsaturated/α-hetero) is 1. The normalized spacial score (nSPS) is 28.0. The van der Waals surface area contributed by atoms with E-state index in [0.29, 0.717) is 5.02 Å². The van der Waals surface area contributed by atoms with Crippen molar-refractivity contribution in [1.82, 2.24) is 4.90 Å². The maximum Gasteiger partial charge on any atom is 0.326 e. The molecule has 4 atom stereocenters. The van der Waals surface area contributed by atoms with Gasteiger partial charge in [0.05, 0.1) is 21.9 Å². The lowest BCUT2D eigenvalue weighted by molar-refractivity contribution is -0.152. The fraction of sp³-hybridized carbons (Fsp3) is 0.368. The first-order valence-electron chi connectivity index (χ1n) is 8.54. The van der Waals surface area contributed by atoms with Gasteiger partial charge in [-0.1, -0.05) is 35.4 Å². The highest BCUT2D eigenvalue weighted by atomic mass is 35.5. The van der Waals surface area contributed by atoms with Crippen LogP contribution in [0.2, 0.25) is 10.0 Å². The number of carbonyl (C=O) groups is 4. The molecule has 0 radical (unpaired) electrons. The molecule has 4 unspecified atom stereocenters. The molecular formula is C19H15Cl2NO5. The summed E-state index contributed by atoms with van der Waals surface area (Å²) in [4.78, 5) is 50.2. The average Bonchev–Trinajstić information content (AvgIpc) is 3.32. The fourth-order valence-corrected chi connectivity index (χ4v) is 4.49. The molecule has 4 rings (SSSR count). The number of hydrogen-bond donors (Lipinski definition) is 0. The third kappa shape index (κ3) is 3.07. The number of imide groups is 1. The van der Waals surface area contributed by atoms with Gasteiger partial charge < -0.3 is 4.74 Å². The van der Waals surface area contributed by atoms with Crippen molar-refractivity contribution in [3.8, 4) is 0 Å². The van der Waals surface area contributed by atoms with E-state index < -0.39 is 24.9 Å². The Morgan fingerprint density at radius 2 is 1.67 bits per heavy atom. The lowest BCUT2D eigenvalue weighted by Gasteiger charge is -2.16. The summed E-state index contributed by atoms with van der Waals surface area (Å²) in [6, 6.07) is 4.33. The number of ether oxygens (including phenoxy) is 1. The van der Waals surface area contributed by atoms with Crippen LogP contribution in [0.5, 0.6) is 0 Å². The number of halogens is 2. The molecule has 2 aliphatic carbocycles. The highest BCUT2D eigenvalue weighted by molar-refractivity contribution is 6.42. The number of rotatable bonds is 5. The molecule has 3 aliphatic rings. The molecule has 2 amide bonds. The highest BCUT2D eigenvalue weighted by Gasteiger charge is 2.59. The van der Waals surface area contributed by atoms with Crippen molar-refractivity contribution in [3.05, 3.63) is 46.0 Å². The highest BCUT2D eigenvalue weighted by Crippen LogP contribution is 2.52. The molecule has 1 aromatic carbocycles. The van der Waals surface area contributed by atoms with Crippen LogP contribution in [0.1, 0.15) is 16.8 Å². The standard InChI is InChI=1S/C19H15Cl2NO5/c20-12-4-3-9(6-13(12)21)14(23)8-27-15(24)7-22-18(25)16-10-1-2-11(5-10)17(16)19(22)26/h1-4,6,10-11,16-17H,5,7-8H2. The van der Waals surface area contributed by atoms with Gasteiger partial charge in [-0.2, -0.15) is 0 Å². The largest absolute Gasteiger partial charge is 0.456 e. The molecule has 1 saturated heterocycles. The predicted octanol–water partition coefficient (Wildman–Crippen LogP) is 2.53. The lowest BCUT2D eigenvalue weighted by atomic mass is 9.85. The summed E-state index contributed by atoms with van der Waals surface area (Å²) in [7, 11) is 0. The van der Waals surface area contributed by atoms with Crippen molar-refractivity contribution in [3.63, 3.8) is 0 Å². The van der Waals surface area contributed by atoms with Gasteiger partial charge in [0.1, 0.15) is 6.54 Å². The molecule has 1 saturated carbocycles. The molecule has 6 nitrogen and oxygen atoms in total. The van der Waals surface area contributed by atoms with Crippen LogP contribution in [0.25, 0.3) is 0 Å². The van der Waals surface area contributed by atoms with Gasteiger partial charge in [-0.3, -0.25) is 24.1 Å². The van der Waals surface area contributed by atoms with E-state index in [1.54, 1.807) is 0 Å². The van der Waals surface area contributed by atoms with E-state index in [1.165, 1.54) is 18.2 Å². The maximum absolute atomic E-state index is 12.5. The number of nitrogens with zero attached hydrogens (tertiary/aromatic N) is 1. The minimum absolute atomic E-state index is 0.0775. The summed E-state index contributed by atoms with van der Waals surface area (Å²) in [5.74, 6) is -2.48. The van der Waals surface area contributed by atoms with E-state index in [2.05, 4.69) is 0 Å². The summed E-state index contributed by atoms with van der Waals surface area (Å²) in [5.41, 5.74) is 0.253. The van der Waals surface area contributed by atoms with Crippen molar-refractivity contribution in [2.24, 2.45) is 23.7 Å². The molecule has 27 heavy (non-hydrogen) atoms. The third-order valence-electron chi connectivity index (χ3n) is 5.45. The van der Waals surface area contributed by atoms with Crippen LogP contribution in [0.3, 0.4) is 0 Å². The number of benzene rings is 1. The van der Waals surface area contributed by atoms with Crippen LogP contribution in [0.4, 0.5) is 0 Å². The van der Waals surface area contributed by atoms with Gasteiger partial charge in [-0.25, -0.2) is 0 Å². The molecule has 140 valence electrons. The van der Waals surface area contributed by atoms with Crippen LogP contribution >= 0.6 is 23.2 Å². The molecule has 0 aromatic heterocycles. The van der Waals surface area contributed by atoms with Crippen molar-refractivity contribution < 1.29 is 23.9 Å². The van der Waals surface area contributed by atoms with E-state index in [1.807, 2.05) is 12.2 Å². The number of hydrogen-bond acceptors (Lipinski definition) is 5. The van der Waals surface area contributed by atoms with Gasteiger partial charge in [0, 0.05) is 5.56 Å². The van der Waals surface area contributed by atoms with Crippen molar-refractivity contribution in [2.45, 2.75) is 6.42 Å². The topological polar surface area (TPSA) is 80.8 Å². The minimum atomic E-state index is -0.801. The van der Waals surface area contributed by atoms with Crippen LogP contribution in [0, 0.1) is 23.7 Å². The van der Waals surface area contributed by atoms with Gasteiger partial charge >= 0.3 is 5.97 Å². The molecule has 1 aromatic rings. The number of allylic oxidation sites excluding steroid dienone is 2. The van der Waals surface area contributed by atoms with Crippen molar-refractivity contribution >= 4 is 46.8 Å². The summed E-state index contributed by atoms with van der Waals surface area (Å²) in [5, 5.41) is 0.530. The smallest absolute Gasteiger partial charge is 0.326 e. The Bertz CT molecular complexity index is 866. The SMILES string of the molecule is O=C(CN1C(=O)C2C3C=CC(C3)C2C1=O)OCC(=O)c1ccc(Cl)c(Cl)c1. The van der Waals surface area contributed by atoms with Crippen LogP contribution in [0.15, 0.2) is 30.4 Å². The van der Waals surface area contributed by atoms with Crippen molar-refractivity contribution in [2.75, 3.05) is 13.2 Å². The Morgan fingerprint density at radius 3 is 2.26 bits per heavy atom. The Hall–Kier alpha value is -2.18. The monoisotopic (exact) mass is 407 g/mol. The van der Waals surface area contributed by atoms with Gasteiger partial charge in [0.25, 0.3) is 0 Å². The molecule has 8 heteroatoms. The molecule has 1 heterocycles. The molecular weight excluding hydrogens is 393 g/mol. The lowest BCUT2D eigenvalue weighted by Crippen LogP contribution is -2.38. The second kappa shape index (κ2) is 6.77. The summed E-state index contributed by atoms with van der Waals surface area (Å²) < 4.78 is 4.95. The zero-order chi connectivity index (χ0) is 19.3. The molecule has 2 bridgehead atoms. The van der Waals surface area contributed by atoms with E-state index in [9.17, 15) is 19.2 Å². The molecule has 1 aliphatic heterocycles. The number of amides is 2. The van der Waals surface area contributed by atoms with Crippen molar-refractivity contribution in [1.29, 1.82) is 0 Å². The van der Waals surface area contributed by atoms with E-state index in [-0.39, 0.29) is 46.1 Å². The summed E-state index contributed by atoms with van der Waals surface area (Å²) >= 11 is 11.7. The second-order valence-electron chi connectivity index (χ2n) is 6.98.